The van der Waals surface area contributed by atoms with Crippen molar-refractivity contribution in [2.45, 2.75) is 18.0 Å². The minimum Gasteiger partial charge on any atom is -0.273 e. The summed E-state index contributed by atoms with van der Waals surface area (Å²) in [6.45, 7) is 1.81. The largest absolute Gasteiger partial charge is 0.432 e. The van der Waals surface area contributed by atoms with Gasteiger partial charge < -0.3 is 0 Å². The number of H-pyrrole nitrogens is 1. The lowest BCUT2D eigenvalue weighted by molar-refractivity contribution is -0.141. The number of hydrogen-bond donors (Lipinski definition) is 2. The van der Waals surface area contributed by atoms with Gasteiger partial charge in [-0.3, -0.25) is 5.10 Å². The monoisotopic (exact) mass is 381 g/mol. The highest BCUT2D eigenvalue weighted by molar-refractivity contribution is 7.89. The molecule has 5 nitrogen and oxygen atoms in total. The van der Waals surface area contributed by atoms with Crippen molar-refractivity contribution >= 4 is 10.0 Å². The summed E-state index contributed by atoms with van der Waals surface area (Å²) >= 11 is 0. The van der Waals surface area contributed by atoms with Crippen LogP contribution in [-0.2, 0) is 16.2 Å². The summed E-state index contributed by atoms with van der Waals surface area (Å²) in [6, 6.07) is 12.0. The van der Waals surface area contributed by atoms with E-state index in [1.54, 1.807) is 24.3 Å². The van der Waals surface area contributed by atoms with E-state index in [0.717, 1.165) is 11.6 Å². The Kier molecular flexibility index (Phi) is 4.37. The molecular weight excluding hydrogens is 367 g/mol. The lowest BCUT2D eigenvalue weighted by atomic mass is 9.93. The van der Waals surface area contributed by atoms with Crippen LogP contribution in [0.3, 0.4) is 0 Å². The van der Waals surface area contributed by atoms with Crippen molar-refractivity contribution in [3.63, 3.8) is 0 Å². The van der Waals surface area contributed by atoms with Crippen LogP contribution in [-0.4, -0.2) is 18.6 Å². The van der Waals surface area contributed by atoms with Gasteiger partial charge in [-0.2, -0.15) is 18.3 Å². The number of halogens is 3. The molecule has 3 rings (SSSR count). The van der Waals surface area contributed by atoms with E-state index >= 15 is 0 Å². The van der Waals surface area contributed by atoms with Crippen LogP contribution in [0.25, 0.3) is 22.4 Å². The Morgan fingerprint density at radius 1 is 1.08 bits per heavy atom. The molecule has 0 unspecified atom stereocenters. The van der Waals surface area contributed by atoms with Gasteiger partial charge in [0, 0.05) is 5.56 Å². The summed E-state index contributed by atoms with van der Waals surface area (Å²) < 4.78 is 61.3. The highest BCUT2D eigenvalue weighted by Gasteiger charge is 2.33. The van der Waals surface area contributed by atoms with E-state index in [0.29, 0.717) is 16.7 Å². The maximum absolute atomic E-state index is 12.8. The van der Waals surface area contributed by atoms with Gasteiger partial charge in [0.05, 0.1) is 10.6 Å². The molecule has 0 bridgehead atoms. The standard InChI is InChI=1S/C17H14F3N3O2S/c1-10-3-2-4-13(14-9-15(23-22-14)17(18,19)20)16(10)11-5-7-12(8-6-11)26(21,24)25/h2-9H,1H3,(H,22,23)(H2,21,24,25). The van der Waals surface area contributed by atoms with Gasteiger partial charge in [0.15, 0.2) is 0 Å². The van der Waals surface area contributed by atoms with Crippen LogP contribution in [0.15, 0.2) is 53.4 Å². The molecule has 0 atom stereocenters. The van der Waals surface area contributed by atoms with Gasteiger partial charge in [0.1, 0.15) is 5.69 Å². The maximum Gasteiger partial charge on any atom is 0.432 e. The Labute approximate surface area is 147 Å². The van der Waals surface area contributed by atoms with Gasteiger partial charge in [-0.25, -0.2) is 13.6 Å². The second-order valence-electron chi connectivity index (χ2n) is 5.73. The topological polar surface area (TPSA) is 88.8 Å². The van der Waals surface area contributed by atoms with E-state index in [1.165, 1.54) is 12.1 Å². The summed E-state index contributed by atoms with van der Waals surface area (Å²) in [5.74, 6) is 0. The van der Waals surface area contributed by atoms with Gasteiger partial charge in [0.25, 0.3) is 0 Å². The van der Waals surface area contributed by atoms with E-state index in [2.05, 4.69) is 5.10 Å². The molecule has 26 heavy (non-hydrogen) atoms. The van der Waals surface area contributed by atoms with Crippen LogP contribution in [0.5, 0.6) is 0 Å². The predicted molar refractivity (Wildman–Crippen MR) is 90.6 cm³/mol. The first-order valence-corrected chi connectivity index (χ1v) is 8.98. The fraction of sp³-hybridized carbons (Fsp3) is 0.118. The molecule has 3 N–H and O–H groups in total. The number of sulfonamides is 1. The molecule has 0 aliphatic heterocycles. The smallest absolute Gasteiger partial charge is 0.273 e. The quantitative estimate of drug-likeness (QED) is 0.725. The Balaban J connectivity index is 2.13. The Bertz CT molecular complexity index is 1060. The minimum atomic E-state index is -4.52. The Morgan fingerprint density at radius 2 is 1.73 bits per heavy atom. The van der Waals surface area contributed by atoms with Gasteiger partial charge in [-0.1, -0.05) is 30.3 Å². The predicted octanol–water partition coefficient (Wildman–Crippen LogP) is 3.72. The number of aromatic amines is 1. The highest BCUT2D eigenvalue weighted by atomic mass is 32.2. The molecular formula is C17H14F3N3O2S. The first kappa shape index (κ1) is 18.2. The van der Waals surface area contributed by atoms with Crippen molar-refractivity contribution in [3.8, 4) is 22.4 Å². The summed E-state index contributed by atoms with van der Waals surface area (Å²) in [7, 11) is -3.83. The molecule has 0 saturated carbocycles. The lowest BCUT2D eigenvalue weighted by Gasteiger charge is -2.12. The van der Waals surface area contributed by atoms with Crippen LogP contribution in [0, 0.1) is 6.92 Å². The second-order valence-corrected chi connectivity index (χ2v) is 7.29. The summed E-state index contributed by atoms with van der Waals surface area (Å²) in [6.07, 6.45) is -4.52. The molecule has 3 aromatic rings. The fourth-order valence-electron chi connectivity index (χ4n) is 2.68. The van der Waals surface area contributed by atoms with Crippen LogP contribution < -0.4 is 5.14 Å². The zero-order valence-electron chi connectivity index (χ0n) is 13.5. The second kappa shape index (κ2) is 6.26. The average Bonchev–Trinajstić information content (AvgIpc) is 3.04. The summed E-state index contributed by atoms with van der Waals surface area (Å²) in [5, 5.41) is 10.9. The third kappa shape index (κ3) is 3.49. The average molecular weight is 381 g/mol. The molecule has 0 amide bonds. The number of nitrogens with one attached hydrogen (secondary N) is 1. The van der Waals surface area contributed by atoms with Crippen LogP contribution >= 0.6 is 0 Å². The van der Waals surface area contributed by atoms with Gasteiger partial charge in [-0.05, 0) is 41.8 Å². The number of aromatic nitrogens is 2. The van der Waals surface area contributed by atoms with E-state index in [9.17, 15) is 21.6 Å². The van der Waals surface area contributed by atoms with Crippen molar-refractivity contribution in [2.24, 2.45) is 5.14 Å². The number of nitrogens with zero attached hydrogens (tertiary/aromatic N) is 1. The number of benzene rings is 2. The lowest BCUT2D eigenvalue weighted by Crippen LogP contribution is -2.11. The number of aryl methyl sites for hydroxylation is 1. The molecule has 0 spiro atoms. The molecule has 136 valence electrons. The first-order valence-electron chi connectivity index (χ1n) is 7.43. The molecule has 9 heteroatoms. The normalized spacial score (nSPS) is 12.3. The third-order valence-corrected chi connectivity index (χ3v) is 4.83. The molecule has 0 aliphatic rings. The van der Waals surface area contributed by atoms with Crippen LogP contribution in [0.2, 0.25) is 0 Å². The van der Waals surface area contributed by atoms with Crippen molar-refractivity contribution in [2.75, 3.05) is 0 Å². The van der Waals surface area contributed by atoms with Gasteiger partial charge >= 0.3 is 6.18 Å². The number of primary sulfonamides is 1. The SMILES string of the molecule is Cc1cccc(-c2cc(C(F)(F)F)[nH]n2)c1-c1ccc(S(N)(=O)=O)cc1. The fourth-order valence-corrected chi connectivity index (χ4v) is 3.20. The Hall–Kier alpha value is -2.65. The molecule has 1 heterocycles. The zero-order valence-corrected chi connectivity index (χ0v) is 14.3. The minimum absolute atomic E-state index is 0.0458. The summed E-state index contributed by atoms with van der Waals surface area (Å²) in [4.78, 5) is -0.0458. The maximum atomic E-state index is 12.8. The van der Waals surface area contributed by atoms with E-state index in [-0.39, 0.29) is 10.6 Å². The Morgan fingerprint density at radius 3 is 2.27 bits per heavy atom. The third-order valence-electron chi connectivity index (χ3n) is 3.90. The van der Waals surface area contributed by atoms with E-state index < -0.39 is 21.9 Å². The number of hydrogen-bond acceptors (Lipinski definition) is 3. The van der Waals surface area contributed by atoms with Gasteiger partial charge in [0.2, 0.25) is 10.0 Å². The van der Waals surface area contributed by atoms with Crippen molar-refractivity contribution in [1.29, 1.82) is 0 Å². The molecule has 1 aromatic heterocycles. The van der Waals surface area contributed by atoms with Gasteiger partial charge in [-0.15, -0.1) is 0 Å². The molecule has 2 aromatic carbocycles. The van der Waals surface area contributed by atoms with E-state index in [1.807, 2.05) is 18.1 Å². The van der Waals surface area contributed by atoms with Crippen molar-refractivity contribution < 1.29 is 21.6 Å². The van der Waals surface area contributed by atoms with Crippen molar-refractivity contribution in [3.05, 3.63) is 59.8 Å². The number of nitrogens with two attached hydrogens (primary N) is 1. The molecule has 0 radical (unpaired) electrons. The number of alkyl halides is 3. The summed E-state index contributed by atoms with van der Waals surface area (Å²) in [5.41, 5.74) is 1.81. The van der Waals surface area contributed by atoms with E-state index in [4.69, 9.17) is 5.14 Å². The van der Waals surface area contributed by atoms with Crippen molar-refractivity contribution in [1.82, 2.24) is 10.2 Å². The highest BCUT2D eigenvalue weighted by Crippen LogP contribution is 2.36. The molecule has 0 saturated heterocycles. The molecule has 0 fully saturated rings. The zero-order chi connectivity index (χ0) is 19.1. The van der Waals surface area contributed by atoms with Crippen LogP contribution in [0.1, 0.15) is 11.3 Å². The molecule has 0 aliphatic carbocycles. The number of rotatable bonds is 3. The van der Waals surface area contributed by atoms with Crippen LogP contribution in [0.4, 0.5) is 13.2 Å². The first-order chi connectivity index (χ1) is 12.1.